The lowest BCUT2D eigenvalue weighted by Crippen LogP contribution is -2.07. The summed E-state index contributed by atoms with van der Waals surface area (Å²) < 4.78 is 2.06. The molecule has 96 valence electrons. The predicted molar refractivity (Wildman–Crippen MR) is 75.0 cm³/mol. The first-order valence-corrected chi connectivity index (χ1v) is 6.49. The van der Waals surface area contributed by atoms with E-state index in [0.29, 0.717) is 0 Å². The van der Waals surface area contributed by atoms with Crippen LogP contribution in [0.4, 0.5) is 5.95 Å². The van der Waals surface area contributed by atoms with Gasteiger partial charge in [0.2, 0.25) is 5.95 Å². The molecule has 0 saturated carbocycles. The zero-order valence-corrected chi connectivity index (χ0v) is 11.6. The molecule has 1 aromatic heterocycles. The van der Waals surface area contributed by atoms with E-state index >= 15 is 0 Å². The van der Waals surface area contributed by atoms with Crippen LogP contribution in [0.5, 0.6) is 0 Å². The van der Waals surface area contributed by atoms with Crippen molar-refractivity contribution in [3.05, 3.63) is 28.8 Å². The van der Waals surface area contributed by atoms with Crippen molar-refractivity contribution in [2.24, 2.45) is 0 Å². The summed E-state index contributed by atoms with van der Waals surface area (Å²) in [6.07, 6.45) is 0. The quantitative estimate of drug-likeness (QED) is 0.921. The number of rotatable bonds is 4. The Morgan fingerprint density at radius 3 is 2.72 bits per heavy atom. The Balaban J connectivity index is 2.53. The highest BCUT2D eigenvalue weighted by Crippen LogP contribution is 2.28. The van der Waals surface area contributed by atoms with Crippen molar-refractivity contribution in [3.8, 4) is 11.4 Å². The summed E-state index contributed by atoms with van der Waals surface area (Å²) >= 11 is 6.15. The largest absolute Gasteiger partial charge is 0.355 e. The monoisotopic (exact) mass is 264 g/mol. The predicted octanol–water partition coefficient (Wildman–Crippen LogP) is 3.36. The van der Waals surface area contributed by atoms with Gasteiger partial charge in [-0.05, 0) is 32.4 Å². The van der Waals surface area contributed by atoms with Crippen LogP contribution in [0.15, 0.2) is 18.2 Å². The molecule has 0 aliphatic rings. The third kappa shape index (κ3) is 2.20. The van der Waals surface area contributed by atoms with Gasteiger partial charge in [-0.15, -0.1) is 10.2 Å². The fraction of sp³-hybridized carbons (Fsp3) is 0.385. The molecule has 0 unspecified atom stereocenters. The summed E-state index contributed by atoms with van der Waals surface area (Å²) in [5.74, 6) is 1.66. The number of benzene rings is 1. The molecule has 2 rings (SSSR count). The SMILES string of the molecule is CCNc1nnc(-c2cccc(Cl)c2C)n1CC. The Morgan fingerprint density at radius 2 is 2.06 bits per heavy atom. The zero-order valence-electron chi connectivity index (χ0n) is 10.9. The minimum Gasteiger partial charge on any atom is -0.355 e. The van der Waals surface area contributed by atoms with Gasteiger partial charge in [0.15, 0.2) is 5.82 Å². The van der Waals surface area contributed by atoms with Crippen molar-refractivity contribution in [1.82, 2.24) is 14.8 Å². The molecule has 0 radical (unpaired) electrons. The topological polar surface area (TPSA) is 42.7 Å². The standard InChI is InChI=1S/C13H17ClN4/c1-4-15-13-17-16-12(18(13)5-2)10-7-6-8-11(14)9(10)3/h6-8H,4-5H2,1-3H3,(H,15,17). The van der Waals surface area contributed by atoms with Gasteiger partial charge in [0, 0.05) is 23.7 Å². The van der Waals surface area contributed by atoms with Crippen LogP contribution >= 0.6 is 11.6 Å². The fourth-order valence-corrected chi connectivity index (χ4v) is 2.11. The second kappa shape index (κ2) is 5.40. The highest BCUT2D eigenvalue weighted by atomic mass is 35.5. The molecule has 0 aliphatic heterocycles. The van der Waals surface area contributed by atoms with Crippen molar-refractivity contribution in [2.75, 3.05) is 11.9 Å². The summed E-state index contributed by atoms with van der Waals surface area (Å²) in [7, 11) is 0. The lowest BCUT2D eigenvalue weighted by Gasteiger charge is -2.10. The van der Waals surface area contributed by atoms with E-state index in [2.05, 4.69) is 27.0 Å². The Kier molecular flexibility index (Phi) is 3.87. The molecule has 4 nitrogen and oxygen atoms in total. The van der Waals surface area contributed by atoms with Crippen LogP contribution in [-0.2, 0) is 6.54 Å². The van der Waals surface area contributed by atoms with Crippen molar-refractivity contribution in [3.63, 3.8) is 0 Å². The van der Waals surface area contributed by atoms with Gasteiger partial charge in [0.05, 0.1) is 0 Å². The molecular weight excluding hydrogens is 248 g/mol. The smallest absolute Gasteiger partial charge is 0.224 e. The molecule has 5 heteroatoms. The average molecular weight is 265 g/mol. The minimum atomic E-state index is 0.753. The maximum atomic E-state index is 6.15. The normalized spacial score (nSPS) is 10.7. The minimum absolute atomic E-state index is 0.753. The van der Waals surface area contributed by atoms with Crippen molar-refractivity contribution >= 4 is 17.5 Å². The maximum absolute atomic E-state index is 6.15. The first-order valence-electron chi connectivity index (χ1n) is 6.11. The van der Waals surface area contributed by atoms with E-state index in [-0.39, 0.29) is 0 Å². The van der Waals surface area contributed by atoms with Gasteiger partial charge in [-0.1, -0.05) is 23.7 Å². The van der Waals surface area contributed by atoms with Gasteiger partial charge in [-0.2, -0.15) is 0 Å². The molecule has 1 aromatic carbocycles. The van der Waals surface area contributed by atoms with Crippen LogP contribution in [-0.4, -0.2) is 21.3 Å². The number of halogens is 1. The molecule has 0 atom stereocenters. The molecule has 2 aromatic rings. The maximum Gasteiger partial charge on any atom is 0.224 e. The van der Waals surface area contributed by atoms with E-state index in [1.165, 1.54) is 0 Å². The Hall–Kier alpha value is -1.55. The van der Waals surface area contributed by atoms with Gasteiger partial charge in [-0.25, -0.2) is 0 Å². The van der Waals surface area contributed by atoms with E-state index in [4.69, 9.17) is 11.6 Å². The summed E-state index contributed by atoms with van der Waals surface area (Å²) in [5.41, 5.74) is 2.06. The van der Waals surface area contributed by atoms with Crippen LogP contribution in [0.3, 0.4) is 0 Å². The molecule has 0 aliphatic carbocycles. The van der Waals surface area contributed by atoms with Gasteiger partial charge >= 0.3 is 0 Å². The van der Waals surface area contributed by atoms with Crippen molar-refractivity contribution in [1.29, 1.82) is 0 Å². The van der Waals surface area contributed by atoms with E-state index in [1.807, 2.05) is 32.0 Å². The molecule has 0 amide bonds. The van der Waals surface area contributed by atoms with Gasteiger partial charge < -0.3 is 5.32 Å². The van der Waals surface area contributed by atoms with Gasteiger partial charge in [0.1, 0.15) is 0 Å². The van der Waals surface area contributed by atoms with Crippen LogP contribution in [0.2, 0.25) is 5.02 Å². The molecule has 0 bridgehead atoms. The first kappa shape index (κ1) is 12.9. The van der Waals surface area contributed by atoms with E-state index in [0.717, 1.165) is 41.0 Å². The molecule has 1 N–H and O–H groups in total. The summed E-state index contributed by atoms with van der Waals surface area (Å²) in [6, 6.07) is 5.84. The lowest BCUT2D eigenvalue weighted by atomic mass is 10.1. The van der Waals surface area contributed by atoms with Crippen LogP contribution < -0.4 is 5.32 Å². The summed E-state index contributed by atoms with van der Waals surface area (Å²) in [4.78, 5) is 0. The lowest BCUT2D eigenvalue weighted by molar-refractivity contribution is 0.770. The van der Waals surface area contributed by atoms with Crippen LogP contribution in [0.25, 0.3) is 11.4 Å². The fourth-order valence-electron chi connectivity index (χ4n) is 1.94. The molecule has 18 heavy (non-hydrogen) atoms. The molecule has 1 heterocycles. The first-order chi connectivity index (χ1) is 8.69. The Bertz CT molecular complexity index is 548. The molecule has 0 saturated heterocycles. The van der Waals surface area contributed by atoms with Crippen LogP contribution in [0, 0.1) is 6.92 Å². The molecular formula is C13H17ClN4. The third-order valence-electron chi connectivity index (χ3n) is 2.91. The highest BCUT2D eigenvalue weighted by molar-refractivity contribution is 6.31. The van der Waals surface area contributed by atoms with Crippen molar-refractivity contribution < 1.29 is 0 Å². The second-order valence-corrected chi connectivity index (χ2v) is 4.44. The molecule has 0 spiro atoms. The van der Waals surface area contributed by atoms with E-state index < -0.39 is 0 Å². The Labute approximate surface area is 112 Å². The number of aromatic nitrogens is 3. The number of anilines is 1. The second-order valence-electron chi connectivity index (χ2n) is 4.03. The third-order valence-corrected chi connectivity index (χ3v) is 3.32. The summed E-state index contributed by atoms with van der Waals surface area (Å²) in [6.45, 7) is 7.76. The van der Waals surface area contributed by atoms with Crippen LogP contribution in [0.1, 0.15) is 19.4 Å². The number of nitrogens with zero attached hydrogens (tertiary/aromatic N) is 3. The summed E-state index contributed by atoms with van der Waals surface area (Å²) in [5, 5.41) is 12.4. The number of hydrogen-bond acceptors (Lipinski definition) is 3. The molecule has 0 fully saturated rings. The van der Waals surface area contributed by atoms with Gasteiger partial charge in [-0.3, -0.25) is 4.57 Å². The average Bonchev–Trinajstić information content (AvgIpc) is 2.76. The zero-order chi connectivity index (χ0) is 13.1. The Morgan fingerprint density at radius 1 is 1.28 bits per heavy atom. The van der Waals surface area contributed by atoms with Crippen molar-refractivity contribution in [2.45, 2.75) is 27.3 Å². The number of hydrogen-bond donors (Lipinski definition) is 1. The highest BCUT2D eigenvalue weighted by Gasteiger charge is 2.14. The van der Waals surface area contributed by atoms with E-state index in [1.54, 1.807) is 0 Å². The van der Waals surface area contributed by atoms with Gasteiger partial charge in [0.25, 0.3) is 0 Å². The van der Waals surface area contributed by atoms with E-state index in [9.17, 15) is 0 Å². The number of nitrogens with one attached hydrogen (secondary N) is 1.